The van der Waals surface area contributed by atoms with E-state index in [1.807, 2.05) is 13.8 Å². The Labute approximate surface area is 113 Å². The Morgan fingerprint density at radius 1 is 1.32 bits per heavy atom. The molecule has 0 aliphatic heterocycles. The number of aliphatic hydroxyl groups is 3. The number of furan rings is 1. The molecule has 1 fully saturated rings. The minimum Gasteiger partial charge on any atom is -0.472 e. The van der Waals surface area contributed by atoms with Crippen molar-refractivity contribution < 1.29 is 19.7 Å². The van der Waals surface area contributed by atoms with Gasteiger partial charge in [0, 0.05) is 18.6 Å². The molecule has 2 aliphatic rings. The first-order chi connectivity index (χ1) is 8.86. The van der Waals surface area contributed by atoms with Crippen LogP contribution in [-0.4, -0.2) is 27.5 Å². The van der Waals surface area contributed by atoms with E-state index in [2.05, 4.69) is 0 Å². The van der Waals surface area contributed by atoms with Crippen molar-refractivity contribution in [3.63, 3.8) is 0 Å². The van der Waals surface area contributed by atoms with Crippen LogP contribution >= 0.6 is 0 Å². The van der Waals surface area contributed by atoms with Gasteiger partial charge >= 0.3 is 0 Å². The fourth-order valence-corrected chi connectivity index (χ4v) is 4.10. The molecule has 106 valence electrons. The van der Waals surface area contributed by atoms with Crippen molar-refractivity contribution in [2.24, 2.45) is 17.3 Å². The van der Waals surface area contributed by atoms with Crippen LogP contribution in [0.2, 0.25) is 0 Å². The highest BCUT2D eigenvalue weighted by Gasteiger charge is 2.53. The van der Waals surface area contributed by atoms with E-state index in [1.54, 1.807) is 12.5 Å². The normalized spacial score (nSPS) is 45.6. The van der Waals surface area contributed by atoms with E-state index in [-0.39, 0.29) is 23.9 Å². The van der Waals surface area contributed by atoms with Gasteiger partial charge in [0.1, 0.15) is 0 Å². The van der Waals surface area contributed by atoms with Gasteiger partial charge in [-0.2, -0.15) is 0 Å². The van der Waals surface area contributed by atoms with E-state index < -0.39 is 11.7 Å². The Kier molecular flexibility index (Phi) is 2.82. The van der Waals surface area contributed by atoms with Crippen molar-refractivity contribution in [3.05, 3.63) is 23.7 Å². The third kappa shape index (κ3) is 1.93. The molecule has 1 heterocycles. The smallest absolute Gasteiger partial charge is 0.0963 e. The van der Waals surface area contributed by atoms with E-state index in [1.165, 1.54) is 0 Å². The first kappa shape index (κ1) is 13.2. The largest absolute Gasteiger partial charge is 0.472 e. The van der Waals surface area contributed by atoms with Gasteiger partial charge in [-0.3, -0.25) is 0 Å². The highest BCUT2D eigenvalue weighted by atomic mass is 16.3. The zero-order chi connectivity index (χ0) is 13.8. The van der Waals surface area contributed by atoms with Crippen molar-refractivity contribution in [2.75, 3.05) is 6.61 Å². The molecule has 4 nitrogen and oxygen atoms in total. The maximum atomic E-state index is 10.8. The second-order valence-corrected chi connectivity index (χ2v) is 6.98. The first-order valence-corrected chi connectivity index (χ1v) is 6.93. The zero-order valence-corrected chi connectivity index (χ0v) is 11.5. The fourth-order valence-electron chi connectivity index (χ4n) is 4.10. The average molecular weight is 266 g/mol. The van der Waals surface area contributed by atoms with Gasteiger partial charge in [-0.15, -0.1) is 0 Å². The summed E-state index contributed by atoms with van der Waals surface area (Å²) >= 11 is 0. The molecule has 19 heavy (non-hydrogen) atoms. The molecule has 1 saturated carbocycles. The molecule has 4 heteroatoms. The summed E-state index contributed by atoms with van der Waals surface area (Å²) in [6.45, 7) is 3.96. The summed E-state index contributed by atoms with van der Waals surface area (Å²) in [5.74, 6) is -0.0157. The van der Waals surface area contributed by atoms with Gasteiger partial charge in [0.05, 0.1) is 24.2 Å². The molecule has 0 saturated heterocycles. The molecule has 0 aromatic carbocycles. The quantitative estimate of drug-likeness (QED) is 0.722. The van der Waals surface area contributed by atoms with Crippen LogP contribution in [0.25, 0.3) is 0 Å². The summed E-state index contributed by atoms with van der Waals surface area (Å²) in [4.78, 5) is 0. The number of rotatable bonds is 1. The van der Waals surface area contributed by atoms with E-state index in [0.29, 0.717) is 6.42 Å². The summed E-state index contributed by atoms with van der Waals surface area (Å²) in [5.41, 5.74) is 0.627. The number of fused-ring (bicyclic) bond motifs is 2. The molecule has 0 spiro atoms. The zero-order valence-electron chi connectivity index (χ0n) is 11.5. The SMILES string of the molecule is C[C@@]1(CO)C[C@H]2[C@H](O)c3cocc3C[C@](C)(O)[C@H]2C1. The monoisotopic (exact) mass is 266 g/mol. The third-order valence-electron chi connectivity index (χ3n) is 5.19. The van der Waals surface area contributed by atoms with Gasteiger partial charge in [-0.05, 0) is 42.6 Å². The standard InChI is InChI=1S/C15H22O4/c1-14(8-16)4-10-12(5-14)15(2,18)3-9-6-19-7-11(9)13(10)17/h6-7,10,12-13,16-18H,3-5,8H2,1-2H3/t10-,12+,13+,14-,15+/m1/s1. The highest BCUT2D eigenvalue weighted by Crippen LogP contribution is 2.56. The molecule has 2 aliphatic carbocycles. The highest BCUT2D eigenvalue weighted by molar-refractivity contribution is 5.29. The van der Waals surface area contributed by atoms with Crippen molar-refractivity contribution in [1.29, 1.82) is 0 Å². The Morgan fingerprint density at radius 3 is 2.74 bits per heavy atom. The molecule has 1 aromatic rings. The predicted molar refractivity (Wildman–Crippen MR) is 69.4 cm³/mol. The topological polar surface area (TPSA) is 73.8 Å². The van der Waals surface area contributed by atoms with Crippen LogP contribution in [0.4, 0.5) is 0 Å². The minimum absolute atomic E-state index is 0.00653. The Morgan fingerprint density at radius 2 is 2.05 bits per heavy atom. The Bertz CT molecular complexity index is 478. The molecule has 3 rings (SSSR count). The van der Waals surface area contributed by atoms with Crippen LogP contribution in [0.15, 0.2) is 16.9 Å². The average Bonchev–Trinajstić information content (AvgIpc) is 2.91. The van der Waals surface area contributed by atoms with E-state index >= 15 is 0 Å². The third-order valence-corrected chi connectivity index (χ3v) is 5.19. The molecule has 0 radical (unpaired) electrons. The van der Waals surface area contributed by atoms with Crippen LogP contribution in [0.5, 0.6) is 0 Å². The molecular weight excluding hydrogens is 244 g/mol. The van der Waals surface area contributed by atoms with Crippen LogP contribution in [0, 0.1) is 17.3 Å². The Hall–Kier alpha value is -0.840. The van der Waals surface area contributed by atoms with Gasteiger partial charge < -0.3 is 19.7 Å². The molecule has 0 amide bonds. The number of aliphatic hydroxyl groups excluding tert-OH is 2. The summed E-state index contributed by atoms with van der Waals surface area (Å²) in [5, 5.41) is 31.0. The fraction of sp³-hybridized carbons (Fsp3) is 0.733. The maximum Gasteiger partial charge on any atom is 0.0963 e. The summed E-state index contributed by atoms with van der Waals surface area (Å²) in [7, 11) is 0. The van der Waals surface area contributed by atoms with Crippen LogP contribution in [0.3, 0.4) is 0 Å². The number of hydrogen-bond donors (Lipinski definition) is 3. The molecule has 0 unspecified atom stereocenters. The van der Waals surface area contributed by atoms with Crippen LogP contribution in [0.1, 0.15) is 43.9 Å². The van der Waals surface area contributed by atoms with Crippen molar-refractivity contribution >= 4 is 0 Å². The van der Waals surface area contributed by atoms with Gasteiger partial charge in [0.2, 0.25) is 0 Å². The maximum absolute atomic E-state index is 10.8. The lowest BCUT2D eigenvalue weighted by atomic mass is 9.78. The molecule has 1 aromatic heterocycles. The van der Waals surface area contributed by atoms with Gasteiger partial charge in [0.15, 0.2) is 0 Å². The lowest BCUT2D eigenvalue weighted by Crippen LogP contribution is -2.38. The summed E-state index contributed by atoms with van der Waals surface area (Å²) < 4.78 is 5.19. The van der Waals surface area contributed by atoms with Crippen molar-refractivity contribution in [3.8, 4) is 0 Å². The number of hydrogen-bond acceptors (Lipinski definition) is 4. The minimum atomic E-state index is -0.867. The van der Waals surface area contributed by atoms with Crippen LogP contribution < -0.4 is 0 Å². The second kappa shape index (κ2) is 4.08. The predicted octanol–water partition coefficient (Wildman–Crippen LogP) is 1.64. The molecule has 5 atom stereocenters. The van der Waals surface area contributed by atoms with E-state index in [0.717, 1.165) is 24.0 Å². The lowest BCUT2D eigenvalue weighted by Gasteiger charge is -2.33. The molecule has 0 bridgehead atoms. The molecular formula is C15H22O4. The van der Waals surface area contributed by atoms with Crippen molar-refractivity contribution in [1.82, 2.24) is 0 Å². The van der Waals surface area contributed by atoms with Crippen LogP contribution in [-0.2, 0) is 6.42 Å². The lowest BCUT2D eigenvalue weighted by molar-refractivity contribution is -0.0397. The molecule has 3 N–H and O–H groups in total. The summed E-state index contributed by atoms with van der Waals surface area (Å²) in [6.07, 6.45) is 4.59. The van der Waals surface area contributed by atoms with Gasteiger partial charge in [0.25, 0.3) is 0 Å². The Balaban J connectivity index is 2.03. The first-order valence-electron chi connectivity index (χ1n) is 6.93. The van der Waals surface area contributed by atoms with Gasteiger partial charge in [-0.25, -0.2) is 0 Å². The van der Waals surface area contributed by atoms with E-state index in [9.17, 15) is 15.3 Å². The summed E-state index contributed by atoms with van der Waals surface area (Å²) in [6, 6.07) is 0. The van der Waals surface area contributed by atoms with Crippen molar-refractivity contribution in [2.45, 2.75) is 44.8 Å². The van der Waals surface area contributed by atoms with E-state index in [4.69, 9.17) is 4.42 Å². The second-order valence-electron chi connectivity index (χ2n) is 6.98. The van der Waals surface area contributed by atoms with Gasteiger partial charge in [-0.1, -0.05) is 6.92 Å².